The highest BCUT2D eigenvalue weighted by molar-refractivity contribution is 7.99. The van der Waals surface area contributed by atoms with Crippen molar-refractivity contribution < 1.29 is 0 Å². The maximum atomic E-state index is 9.98. The first-order chi connectivity index (χ1) is 23.5. The van der Waals surface area contributed by atoms with Gasteiger partial charge in [0.15, 0.2) is 17.5 Å². The summed E-state index contributed by atoms with van der Waals surface area (Å²) < 4.78 is 0. The molecule has 0 aliphatic carbocycles. The lowest BCUT2D eigenvalue weighted by molar-refractivity contribution is 0.605. The molecule has 0 bridgehead atoms. The first-order valence-corrected chi connectivity index (χ1v) is 16.7. The lowest BCUT2D eigenvalue weighted by Crippen LogP contribution is -2.25. The molecule has 0 fully saturated rings. The second-order valence-corrected chi connectivity index (χ2v) is 13.4. The Morgan fingerprint density at radius 1 is 0.500 bits per heavy atom. The molecule has 1 aromatic heterocycles. The average molecular weight is 635 g/mol. The number of nitriles is 1. The van der Waals surface area contributed by atoms with Crippen molar-refractivity contribution in [1.82, 2.24) is 15.0 Å². The van der Waals surface area contributed by atoms with Crippen LogP contribution >= 0.6 is 11.8 Å². The molecule has 4 nitrogen and oxygen atoms in total. The number of benzene rings is 6. The second kappa shape index (κ2) is 12.1. The van der Waals surface area contributed by atoms with Crippen LogP contribution < -0.4 is 0 Å². The van der Waals surface area contributed by atoms with E-state index in [1.165, 1.54) is 10.5 Å². The Morgan fingerprint density at radius 3 is 1.67 bits per heavy atom. The molecule has 48 heavy (non-hydrogen) atoms. The molecular weight excluding hydrogens is 605 g/mol. The summed E-state index contributed by atoms with van der Waals surface area (Å²) in [5.41, 5.74) is 9.90. The Bertz CT molecular complexity index is 2300. The van der Waals surface area contributed by atoms with Crippen LogP contribution in [0.5, 0.6) is 0 Å². The highest BCUT2D eigenvalue weighted by Crippen LogP contribution is 2.51. The molecule has 0 N–H and O–H groups in total. The van der Waals surface area contributed by atoms with Gasteiger partial charge < -0.3 is 0 Å². The van der Waals surface area contributed by atoms with Gasteiger partial charge in [-0.25, -0.2) is 15.0 Å². The fraction of sp³-hybridized carbons (Fsp3) is 0.0698. The van der Waals surface area contributed by atoms with Crippen LogP contribution in [0.1, 0.15) is 30.5 Å². The molecule has 2 heterocycles. The SMILES string of the molecule is CC1(C)c2cc(-c3ccccc3-c3ccccc3-c3nc(-c4ccccc4)nc(-c4ccccc4)n3)ccc2Sc2cccc(C#N)c21. The maximum absolute atomic E-state index is 9.98. The summed E-state index contributed by atoms with van der Waals surface area (Å²) in [6, 6.07) is 52.2. The molecule has 0 radical (unpaired) electrons. The van der Waals surface area contributed by atoms with E-state index in [2.05, 4.69) is 86.6 Å². The topological polar surface area (TPSA) is 62.5 Å². The van der Waals surface area contributed by atoms with E-state index in [0.717, 1.165) is 55.0 Å². The first-order valence-electron chi connectivity index (χ1n) is 15.9. The standard InChI is InChI=1S/C43H30N4S/c1-43(2)36-26-30(24-25-37(36)48-38-23-13-18-31(27-44)39(38)43)32-19-9-10-20-33(32)34-21-11-12-22-35(34)42-46-40(28-14-5-3-6-15-28)45-41(47-42)29-16-7-4-8-17-29/h3-26H,1-2H3. The minimum atomic E-state index is -0.336. The van der Waals surface area contributed by atoms with Crippen LogP contribution in [0.4, 0.5) is 0 Å². The van der Waals surface area contributed by atoms with E-state index in [4.69, 9.17) is 15.0 Å². The van der Waals surface area contributed by atoms with E-state index in [0.29, 0.717) is 17.5 Å². The van der Waals surface area contributed by atoms with Gasteiger partial charge in [-0.05, 0) is 57.6 Å². The summed E-state index contributed by atoms with van der Waals surface area (Å²) in [5.74, 6) is 1.89. The number of nitrogens with zero attached hydrogens (tertiary/aromatic N) is 4. The van der Waals surface area contributed by atoms with Crippen LogP contribution in [-0.4, -0.2) is 15.0 Å². The predicted molar refractivity (Wildman–Crippen MR) is 194 cm³/mol. The summed E-state index contributed by atoms with van der Waals surface area (Å²) in [6.45, 7) is 4.46. The molecule has 6 aromatic carbocycles. The maximum Gasteiger partial charge on any atom is 0.164 e. The third kappa shape index (κ3) is 5.17. The quantitative estimate of drug-likeness (QED) is 0.188. The molecule has 0 spiro atoms. The normalized spacial score (nSPS) is 12.9. The van der Waals surface area contributed by atoms with Crippen molar-refractivity contribution in [3.8, 4) is 62.5 Å². The van der Waals surface area contributed by atoms with Crippen LogP contribution in [0.15, 0.2) is 155 Å². The lowest BCUT2D eigenvalue weighted by atomic mass is 9.75. The number of aromatic nitrogens is 3. The number of fused-ring (bicyclic) bond motifs is 2. The minimum Gasteiger partial charge on any atom is -0.208 e. The van der Waals surface area contributed by atoms with Gasteiger partial charge in [-0.2, -0.15) is 5.26 Å². The number of hydrogen-bond donors (Lipinski definition) is 0. The zero-order valence-electron chi connectivity index (χ0n) is 26.6. The number of rotatable bonds is 5. The average Bonchev–Trinajstić information content (AvgIpc) is 3.15. The van der Waals surface area contributed by atoms with Gasteiger partial charge in [-0.15, -0.1) is 0 Å². The van der Waals surface area contributed by atoms with Crippen molar-refractivity contribution in [2.75, 3.05) is 0 Å². The van der Waals surface area contributed by atoms with E-state index >= 15 is 0 Å². The van der Waals surface area contributed by atoms with Crippen LogP contribution in [0.3, 0.4) is 0 Å². The van der Waals surface area contributed by atoms with E-state index < -0.39 is 0 Å². The Balaban J connectivity index is 1.28. The Morgan fingerprint density at radius 2 is 1.04 bits per heavy atom. The Hall–Kier alpha value is -5.83. The van der Waals surface area contributed by atoms with E-state index in [9.17, 15) is 5.26 Å². The van der Waals surface area contributed by atoms with Gasteiger partial charge >= 0.3 is 0 Å². The van der Waals surface area contributed by atoms with Crippen molar-refractivity contribution in [3.63, 3.8) is 0 Å². The van der Waals surface area contributed by atoms with Crippen molar-refractivity contribution in [3.05, 3.63) is 162 Å². The summed E-state index contributed by atoms with van der Waals surface area (Å²) in [7, 11) is 0. The van der Waals surface area contributed by atoms with Crippen molar-refractivity contribution >= 4 is 11.8 Å². The summed E-state index contributed by atoms with van der Waals surface area (Å²) in [6.07, 6.45) is 0. The molecule has 0 unspecified atom stereocenters. The zero-order chi connectivity index (χ0) is 32.7. The van der Waals surface area contributed by atoms with Gasteiger partial charge in [0.2, 0.25) is 0 Å². The summed E-state index contributed by atoms with van der Waals surface area (Å²) >= 11 is 1.74. The predicted octanol–water partition coefficient (Wildman–Crippen LogP) is 10.9. The third-order valence-corrected chi connectivity index (χ3v) is 10.2. The molecule has 5 heteroatoms. The Kier molecular flexibility index (Phi) is 7.44. The lowest BCUT2D eigenvalue weighted by Gasteiger charge is -2.35. The minimum absolute atomic E-state index is 0.336. The molecule has 7 aromatic rings. The van der Waals surface area contributed by atoms with E-state index in [-0.39, 0.29) is 5.41 Å². The van der Waals surface area contributed by atoms with Gasteiger partial charge in [-0.1, -0.05) is 147 Å². The fourth-order valence-corrected chi connectivity index (χ4v) is 8.10. The molecule has 0 saturated heterocycles. The van der Waals surface area contributed by atoms with Crippen molar-refractivity contribution in [2.45, 2.75) is 29.1 Å². The molecule has 228 valence electrons. The third-order valence-electron chi connectivity index (χ3n) is 9.04. The largest absolute Gasteiger partial charge is 0.208 e. The molecule has 0 amide bonds. The summed E-state index contributed by atoms with van der Waals surface area (Å²) in [5, 5.41) is 9.98. The molecule has 8 rings (SSSR count). The van der Waals surface area contributed by atoms with Crippen molar-refractivity contribution in [2.24, 2.45) is 0 Å². The van der Waals surface area contributed by atoms with Gasteiger partial charge in [0.1, 0.15) is 0 Å². The molecule has 0 saturated carbocycles. The monoisotopic (exact) mass is 634 g/mol. The van der Waals surface area contributed by atoms with Gasteiger partial charge in [0.05, 0.1) is 11.6 Å². The number of hydrogen-bond acceptors (Lipinski definition) is 5. The summed E-state index contributed by atoms with van der Waals surface area (Å²) in [4.78, 5) is 17.4. The van der Waals surface area contributed by atoms with Crippen LogP contribution in [-0.2, 0) is 5.41 Å². The van der Waals surface area contributed by atoms with Crippen LogP contribution in [0, 0.1) is 11.3 Å². The highest BCUT2D eigenvalue weighted by Gasteiger charge is 2.35. The highest BCUT2D eigenvalue weighted by atomic mass is 32.2. The van der Waals surface area contributed by atoms with Gasteiger partial charge in [-0.3, -0.25) is 0 Å². The van der Waals surface area contributed by atoms with Crippen LogP contribution in [0.2, 0.25) is 0 Å². The molecule has 1 aliphatic rings. The van der Waals surface area contributed by atoms with Crippen molar-refractivity contribution in [1.29, 1.82) is 5.26 Å². The smallest absolute Gasteiger partial charge is 0.164 e. The van der Waals surface area contributed by atoms with E-state index in [1.54, 1.807) is 11.8 Å². The van der Waals surface area contributed by atoms with Gasteiger partial charge in [0, 0.05) is 31.9 Å². The first kappa shape index (κ1) is 29.6. The second-order valence-electron chi connectivity index (χ2n) is 12.4. The van der Waals surface area contributed by atoms with Gasteiger partial charge in [0.25, 0.3) is 0 Å². The molecular formula is C43H30N4S. The van der Waals surface area contributed by atoms with E-state index in [1.807, 2.05) is 78.9 Å². The van der Waals surface area contributed by atoms with Crippen LogP contribution in [0.25, 0.3) is 56.4 Å². The zero-order valence-corrected chi connectivity index (χ0v) is 27.4. The molecule has 1 aliphatic heterocycles. The fourth-order valence-electron chi connectivity index (χ4n) is 6.69. The molecule has 0 atom stereocenters. The Labute approximate surface area is 284 Å².